The number of halogens is 3. The van der Waals surface area contributed by atoms with Gasteiger partial charge >= 0.3 is 11.9 Å². The molecule has 1 aromatic rings. The van der Waals surface area contributed by atoms with Crippen molar-refractivity contribution >= 4 is 70.3 Å². The number of nitrogens with one attached hydrogen (secondary N) is 1. The van der Waals surface area contributed by atoms with Crippen LogP contribution in [0.1, 0.15) is 25.8 Å². The van der Waals surface area contributed by atoms with Gasteiger partial charge < -0.3 is 20.1 Å². The van der Waals surface area contributed by atoms with Gasteiger partial charge in [0.05, 0.1) is 11.2 Å². The maximum absolute atomic E-state index is 13.1. The third kappa shape index (κ3) is 4.53. The Morgan fingerprint density at radius 1 is 1.25 bits per heavy atom. The van der Waals surface area contributed by atoms with Crippen LogP contribution in [0, 0.1) is 0 Å². The highest BCUT2D eigenvalue weighted by Gasteiger charge is 2.75. The van der Waals surface area contributed by atoms with Gasteiger partial charge in [0.2, 0.25) is 11.8 Å². The van der Waals surface area contributed by atoms with Crippen molar-refractivity contribution in [2.24, 2.45) is 0 Å². The van der Waals surface area contributed by atoms with E-state index in [1.54, 1.807) is 31.2 Å². The number of amides is 2. The number of carboxylic acids is 1. The molecule has 0 saturated carbocycles. The molecule has 3 unspecified atom stereocenters. The Bertz CT molecular complexity index is 943. The first kappa shape index (κ1) is 25.0. The summed E-state index contributed by atoms with van der Waals surface area (Å²) in [7, 11) is 0. The van der Waals surface area contributed by atoms with Crippen molar-refractivity contribution in [3.05, 3.63) is 35.9 Å². The molecule has 4 atom stereocenters. The number of fused-ring (bicyclic) bond motifs is 1. The largest absolute Gasteiger partial charge is 0.479 e. The van der Waals surface area contributed by atoms with Crippen LogP contribution in [-0.2, 0) is 30.3 Å². The van der Waals surface area contributed by atoms with E-state index >= 15 is 0 Å². The van der Waals surface area contributed by atoms with Gasteiger partial charge in [0.15, 0.2) is 9.33 Å². The number of benzene rings is 1. The Labute approximate surface area is 203 Å². The second-order valence-corrected chi connectivity index (χ2v) is 12.0. The van der Waals surface area contributed by atoms with E-state index < -0.39 is 49.8 Å². The molecule has 0 radical (unpaired) electrons. The van der Waals surface area contributed by atoms with Crippen LogP contribution >= 0.6 is 46.6 Å². The molecule has 0 aliphatic carbocycles. The summed E-state index contributed by atoms with van der Waals surface area (Å²) in [5, 5.41) is 12.2. The molecule has 2 saturated heterocycles. The summed E-state index contributed by atoms with van der Waals surface area (Å²) < 4.78 is 1.78. The predicted octanol–water partition coefficient (Wildman–Crippen LogP) is 2.53. The number of carbonyl (C=O) groups excluding carboxylic acids is 3. The molecule has 0 aromatic heterocycles. The minimum atomic E-state index is -2.01. The summed E-state index contributed by atoms with van der Waals surface area (Å²) in [6, 6.07) is 8.03. The van der Waals surface area contributed by atoms with Gasteiger partial charge in [-0.05, 0) is 12.5 Å². The van der Waals surface area contributed by atoms with Gasteiger partial charge in [-0.1, -0.05) is 65.1 Å². The number of hydrogen-bond donors (Lipinski definition) is 2. The van der Waals surface area contributed by atoms with Crippen LogP contribution in [0.4, 0.5) is 0 Å². The van der Waals surface area contributed by atoms with Crippen LogP contribution in [0.2, 0.25) is 0 Å². The van der Waals surface area contributed by atoms with E-state index in [-0.39, 0.29) is 18.9 Å². The zero-order valence-electron chi connectivity index (χ0n) is 17.1. The lowest BCUT2D eigenvalue weighted by atomic mass is 9.77. The van der Waals surface area contributed by atoms with Crippen LogP contribution in [0.25, 0.3) is 0 Å². The van der Waals surface area contributed by atoms with Crippen molar-refractivity contribution < 1.29 is 29.0 Å². The number of esters is 1. The SMILES string of the molecule is CC(=O)OCC1(C)S[C@@H]2C(NC(=O)Cc3ccccc3)C(=O)N2C1(CC(Cl)(Cl)Cl)C(=O)O. The smallest absolute Gasteiger partial charge is 0.331 e. The average molecular weight is 524 g/mol. The van der Waals surface area contributed by atoms with Crippen molar-refractivity contribution in [2.75, 3.05) is 6.61 Å². The van der Waals surface area contributed by atoms with Crippen LogP contribution in [0.15, 0.2) is 30.3 Å². The number of β-lactam (4-membered cyclic amide) rings is 1. The van der Waals surface area contributed by atoms with Crippen molar-refractivity contribution in [3.63, 3.8) is 0 Å². The summed E-state index contributed by atoms with van der Waals surface area (Å²) in [5.74, 6) is -3.00. The molecule has 2 aliphatic rings. The van der Waals surface area contributed by atoms with Gasteiger partial charge in [-0.2, -0.15) is 0 Å². The fourth-order valence-corrected chi connectivity index (χ4v) is 6.51. The summed E-state index contributed by atoms with van der Waals surface area (Å²) in [6.45, 7) is 2.40. The maximum Gasteiger partial charge on any atom is 0.331 e. The van der Waals surface area contributed by atoms with E-state index in [4.69, 9.17) is 39.5 Å². The number of carbonyl (C=O) groups is 4. The van der Waals surface area contributed by atoms with Crippen molar-refractivity contribution in [1.29, 1.82) is 0 Å². The van der Waals surface area contributed by atoms with Gasteiger partial charge in [-0.3, -0.25) is 14.4 Å². The molecule has 1 aromatic carbocycles. The number of carboxylic acid groups (broad SMARTS) is 1. The van der Waals surface area contributed by atoms with Crippen molar-refractivity contribution in [3.8, 4) is 0 Å². The lowest BCUT2D eigenvalue weighted by molar-refractivity contribution is -0.174. The standard InChI is InChI=1S/C20H21Cl3N2O6S/c1-11(26)31-10-18(2)19(17(29)30,9-20(21,22)23)25-15(28)14(16(25)32-18)24-13(27)8-12-6-4-3-5-7-12/h3-7,14,16H,8-10H2,1-2H3,(H,24,27)(H,29,30)/t14?,16-,18?,19?/m1/s1. The number of thioether (sulfide) groups is 1. The predicted molar refractivity (Wildman–Crippen MR) is 121 cm³/mol. The van der Waals surface area contributed by atoms with Crippen LogP contribution in [0.5, 0.6) is 0 Å². The molecule has 8 nitrogen and oxygen atoms in total. The Balaban J connectivity index is 1.88. The number of aliphatic carboxylic acids is 1. The lowest BCUT2D eigenvalue weighted by Crippen LogP contribution is -2.76. The zero-order chi connectivity index (χ0) is 23.9. The van der Waals surface area contributed by atoms with E-state index in [0.717, 1.165) is 22.2 Å². The number of rotatable bonds is 7. The lowest BCUT2D eigenvalue weighted by Gasteiger charge is -2.50. The minimum absolute atomic E-state index is 0.0605. The molecular formula is C20H21Cl3N2O6S. The molecular weight excluding hydrogens is 503 g/mol. The first-order chi connectivity index (χ1) is 14.8. The third-order valence-electron chi connectivity index (χ3n) is 5.60. The van der Waals surface area contributed by atoms with Gasteiger partial charge in [0, 0.05) is 13.3 Å². The summed E-state index contributed by atoms with van der Waals surface area (Å²) >= 11 is 19.0. The Morgan fingerprint density at radius 3 is 2.41 bits per heavy atom. The Morgan fingerprint density at radius 2 is 1.88 bits per heavy atom. The van der Waals surface area contributed by atoms with Gasteiger partial charge in [-0.25, -0.2) is 4.79 Å². The fraction of sp³-hybridized carbons (Fsp3) is 0.500. The van der Waals surface area contributed by atoms with Gasteiger partial charge in [0.1, 0.15) is 18.0 Å². The molecule has 2 N–H and O–H groups in total. The van der Waals surface area contributed by atoms with Gasteiger partial charge in [-0.15, -0.1) is 11.8 Å². The number of alkyl halides is 3. The first-order valence-corrected chi connectivity index (χ1v) is 11.6. The number of hydrogen-bond acceptors (Lipinski definition) is 6. The molecule has 3 rings (SSSR count). The first-order valence-electron chi connectivity index (χ1n) is 9.58. The molecule has 0 spiro atoms. The van der Waals surface area contributed by atoms with Crippen LogP contribution in [0.3, 0.4) is 0 Å². The molecule has 2 fully saturated rings. The van der Waals surface area contributed by atoms with Gasteiger partial charge in [0.25, 0.3) is 0 Å². The molecule has 2 aliphatic heterocycles. The third-order valence-corrected chi connectivity index (χ3v) is 7.70. The number of nitrogens with zero attached hydrogens (tertiary/aromatic N) is 1. The van der Waals surface area contributed by atoms with Crippen LogP contribution in [-0.4, -0.2) is 65.9 Å². The molecule has 2 heterocycles. The molecule has 174 valence electrons. The van der Waals surface area contributed by atoms with E-state index in [0.29, 0.717) is 0 Å². The normalized spacial score (nSPS) is 29.2. The second-order valence-electron chi connectivity index (χ2n) is 7.89. The maximum atomic E-state index is 13.1. The summed E-state index contributed by atoms with van der Waals surface area (Å²) in [5.41, 5.74) is -1.20. The highest BCUT2D eigenvalue weighted by Crippen LogP contribution is 2.60. The molecule has 0 bridgehead atoms. The minimum Gasteiger partial charge on any atom is -0.479 e. The van der Waals surface area contributed by atoms with Crippen LogP contribution < -0.4 is 5.32 Å². The molecule has 32 heavy (non-hydrogen) atoms. The fourth-order valence-electron chi connectivity index (χ4n) is 4.11. The van der Waals surface area contributed by atoms with E-state index in [2.05, 4.69) is 5.32 Å². The highest BCUT2D eigenvalue weighted by molar-refractivity contribution is 8.01. The topological polar surface area (TPSA) is 113 Å². The van der Waals surface area contributed by atoms with Crippen molar-refractivity contribution in [1.82, 2.24) is 10.2 Å². The van der Waals surface area contributed by atoms with Crippen molar-refractivity contribution in [2.45, 2.75) is 52.2 Å². The van der Waals surface area contributed by atoms with E-state index in [9.17, 15) is 24.3 Å². The summed E-state index contributed by atoms with van der Waals surface area (Å²) in [4.78, 5) is 50.7. The monoisotopic (exact) mass is 522 g/mol. The highest BCUT2D eigenvalue weighted by atomic mass is 35.6. The Hall–Kier alpha value is -1.68. The number of ether oxygens (including phenoxy) is 1. The Kier molecular flexibility index (Phi) is 6.96. The molecule has 2 amide bonds. The second kappa shape index (κ2) is 8.93. The molecule has 12 heteroatoms. The average Bonchev–Trinajstić information content (AvgIpc) is 2.91. The van der Waals surface area contributed by atoms with E-state index in [1.165, 1.54) is 6.92 Å². The van der Waals surface area contributed by atoms with E-state index in [1.807, 2.05) is 6.07 Å². The quantitative estimate of drug-likeness (QED) is 0.321. The summed E-state index contributed by atoms with van der Waals surface area (Å²) in [6.07, 6.45) is -0.470. The zero-order valence-corrected chi connectivity index (χ0v) is 20.2.